The highest BCUT2D eigenvalue weighted by atomic mass is 35.5. The van der Waals surface area contributed by atoms with Crippen molar-refractivity contribution in [3.8, 4) is 5.75 Å². The van der Waals surface area contributed by atoms with Gasteiger partial charge in [-0.2, -0.15) is 0 Å². The molecule has 0 heterocycles. The largest absolute Gasteiger partial charge is 0.495 e. The van der Waals surface area contributed by atoms with Crippen molar-refractivity contribution in [3.63, 3.8) is 0 Å². The summed E-state index contributed by atoms with van der Waals surface area (Å²) in [5.74, 6) is -0.572. The van der Waals surface area contributed by atoms with Crippen molar-refractivity contribution >= 4 is 39.1 Å². The maximum atomic E-state index is 14.1. The Morgan fingerprint density at radius 2 is 1.73 bits per heavy atom. The zero-order valence-corrected chi connectivity index (χ0v) is 25.1. The van der Waals surface area contributed by atoms with E-state index in [0.29, 0.717) is 0 Å². The van der Waals surface area contributed by atoms with E-state index in [9.17, 15) is 18.0 Å². The minimum atomic E-state index is -4.23. The number of carbonyl (C=O) groups excluding carboxylic acids is 2. The fourth-order valence-corrected chi connectivity index (χ4v) is 6.68. The topological polar surface area (TPSA) is 96.0 Å². The lowest BCUT2D eigenvalue weighted by Gasteiger charge is -2.33. The number of hydrogen-bond acceptors (Lipinski definition) is 5. The summed E-state index contributed by atoms with van der Waals surface area (Å²) >= 11 is 6.28. The summed E-state index contributed by atoms with van der Waals surface area (Å²) < 4.78 is 34.4. The average Bonchev–Trinajstić information content (AvgIpc) is 3.47. The molecule has 8 nitrogen and oxygen atoms in total. The van der Waals surface area contributed by atoms with Crippen LogP contribution in [0, 0.1) is 6.92 Å². The molecule has 0 spiro atoms. The molecule has 0 bridgehead atoms. The minimum Gasteiger partial charge on any atom is -0.495 e. The number of nitrogens with one attached hydrogen (secondary N) is 1. The van der Waals surface area contributed by atoms with Gasteiger partial charge in [0.1, 0.15) is 18.3 Å². The summed E-state index contributed by atoms with van der Waals surface area (Å²) in [6.45, 7) is 3.19. The van der Waals surface area contributed by atoms with Gasteiger partial charge in [0.05, 0.1) is 17.7 Å². The van der Waals surface area contributed by atoms with E-state index in [1.165, 1.54) is 30.2 Å². The predicted octanol–water partition coefficient (Wildman–Crippen LogP) is 5.33. The highest BCUT2D eigenvalue weighted by Crippen LogP contribution is 2.35. The van der Waals surface area contributed by atoms with Gasteiger partial charge in [-0.3, -0.25) is 13.9 Å². The fourth-order valence-electron chi connectivity index (χ4n) is 5.07. The van der Waals surface area contributed by atoms with Crippen LogP contribution in [0.1, 0.15) is 43.7 Å². The van der Waals surface area contributed by atoms with Gasteiger partial charge in [0.15, 0.2) is 0 Å². The second-order valence-electron chi connectivity index (χ2n) is 10.3. The molecule has 1 fully saturated rings. The van der Waals surface area contributed by atoms with Crippen LogP contribution in [0.4, 0.5) is 5.69 Å². The van der Waals surface area contributed by atoms with Crippen molar-refractivity contribution in [2.24, 2.45) is 0 Å². The summed E-state index contributed by atoms with van der Waals surface area (Å²) in [5, 5.41) is 3.36. The lowest BCUT2D eigenvalue weighted by atomic mass is 10.1. The zero-order chi connectivity index (χ0) is 29.6. The number of aryl methyl sites for hydroxylation is 1. The Balaban J connectivity index is 1.73. The van der Waals surface area contributed by atoms with Crippen LogP contribution in [-0.2, 0) is 26.2 Å². The molecule has 1 atom stereocenters. The lowest BCUT2D eigenvalue weighted by molar-refractivity contribution is -0.139. The van der Waals surface area contributed by atoms with Gasteiger partial charge in [-0.05, 0) is 62.6 Å². The summed E-state index contributed by atoms with van der Waals surface area (Å²) in [7, 11) is -2.81. The Kier molecular flexibility index (Phi) is 9.94. The zero-order valence-electron chi connectivity index (χ0n) is 23.5. The summed E-state index contributed by atoms with van der Waals surface area (Å²) in [6.07, 6.45) is 3.92. The highest BCUT2D eigenvalue weighted by molar-refractivity contribution is 7.92. The van der Waals surface area contributed by atoms with E-state index in [-0.39, 0.29) is 39.8 Å². The fraction of sp³-hybridized carbons (Fsp3) is 0.355. The first-order valence-electron chi connectivity index (χ1n) is 13.7. The molecule has 1 aliphatic rings. The average molecular weight is 598 g/mol. The van der Waals surface area contributed by atoms with Crippen molar-refractivity contribution < 1.29 is 22.7 Å². The van der Waals surface area contributed by atoms with E-state index >= 15 is 0 Å². The number of anilines is 1. The van der Waals surface area contributed by atoms with Gasteiger partial charge in [-0.1, -0.05) is 72.5 Å². The molecule has 1 unspecified atom stereocenters. The number of methoxy groups -OCH3 is 1. The van der Waals surface area contributed by atoms with Gasteiger partial charge < -0.3 is 15.0 Å². The van der Waals surface area contributed by atoms with Gasteiger partial charge in [-0.15, -0.1) is 0 Å². The van der Waals surface area contributed by atoms with Crippen LogP contribution in [-0.4, -0.2) is 50.9 Å². The summed E-state index contributed by atoms with van der Waals surface area (Å²) in [5.41, 5.74) is 1.96. The van der Waals surface area contributed by atoms with Crippen LogP contribution >= 0.6 is 11.6 Å². The van der Waals surface area contributed by atoms with E-state index in [1.54, 1.807) is 37.3 Å². The molecule has 4 rings (SSSR count). The first-order valence-corrected chi connectivity index (χ1v) is 15.5. The quantitative estimate of drug-likeness (QED) is 0.322. The molecule has 1 aliphatic carbocycles. The van der Waals surface area contributed by atoms with Crippen molar-refractivity contribution in [3.05, 3.63) is 88.9 Å². The van der Waals surface area contributed by atoms with E-state index < -0.39 is 28.5 Å². The molecule has 3 aromatic carbocycles. The van der Waals surface area contributed by atoms with Crippen LogP contribution in [0.5, 0.6) is 5.75 Å². The smallest absolute Gasteiger partial charge is 0.264 e. The Bertz CT molecular complexity index is 1480. The monoisotopic (exact) mass is 597 g/mol. The van der Waals surface area contributed by atoms with Gasteiger partial charge >= 0.3 is 0 Å². The molecule has 1 N–H and O–H groups in total. The van der Waals surface area contributed by atoms with E-state index in [2.05, 4.69) is 5.32 Å². The maximum Gasteiger partial charge on any atom is 0.264 e. The molecule has 218 valence electrons. The second-order valence-corrected chi connectivity index (χ2v) is 12.6. The van der Waals surface area contributed by atoms with Crippen LogP contribution in [0.15, 0.2) is 77.7 Å². The molecule has 10 heteroatoms. The molecule has 0 radical (unpaired) electrons. The van der Waals surface area contributed by atoms with Crippen LogP contribution in [0.3, 0.4) is 0 Å². The van der Waals surface area contributed by atoms with Crippen molar-refractivity contribution in [1.82, 2.24) is 10.2 Å². The van der Waals surface area contributed by atoms with Crippen molar-refractivity contribution in [1.29, 1.82) is 0 Å². The Labute approximate surface area is 247 Å². The minimum absolute atomic E-state index is 0.00656. The Morgan fingerprint density at radius 1 is 1.02 bits per heavy atom. The van der Waals surface area contributed by atoms with Crippen molar-refractivity contribution in [2.75, 3.05) is 18.0 Å². The van der Waals surface area contributed by atoms with Crippen LogP contribution in [0.25, 0.3) is 0 Å². The number of benzene rings is 3. The Hall–Kier alpha value is -3.56. The molecule has 2 amide bonds. The van der Waals surface area contributed by atoms with Crippen LogP contribution in [0.2, 0.25) is 5.02 Å². The molecular weight excluding hydrogens is 562 g/mol. The first-order chi connectivity index (χ1) is 19.6. The van der Waals surface area contributed by atoms with Gasteiger partial charge in [0.25, 0.3) is 10.0 Å². The van der Waals surface area contributed by atoms with Gasteiger partial charge in [-0.25, -0.2) is 8.42 Å². The summed E-state index contributed by atoms with van der Waals surface area (Å²) in [4.78, 5) is 28.9. The standard InChI is InChI=1S/C31H36ClN3O5S/c1-22-10-9-11-24(18-22)20-34(23(2)31(37)33-26-12-7-8-13-26)30(36)21-35(28-19-25(32)16-17-29(28)40-3)41(38,39)27-14-5-4-6-15-27/h4-6,9-11,14-19,23,26H,7-8,12-13,20-21H2,1-3H3,(H,33,37). The molecule has 0 aromatic heterocycles. The molecule has 41 heavy (non-hydrogen) atoms. The number of hydrogen-bond donors (Lipinski definition) is 1. The Morgan fingerprint density at radius 3 is 2.39 bits per heavy atom. The van der Waals surface area contributed by atoms with E-state index in [0.717, 1.165) is 41.1 Å². The third kappa shape index (κ3) is 7.40. The normalized spacial score (nSPS) is 14.3. The number of amides is 2. The van der Waals surface area contributed by atoms with Gasteiger partial charge in [0, 0.05) is 17.6 Å². The number of nitrogens with zero attached hydrogens (tertiary/aromatic N) is 2. The SMILES string of the molecule is COc1ccc(Cl)cc1N(CC(=O)N(Cc1cccc(C)c1)C(C)C(=O)NC1CCCC1)S(=O)(=O)c1ccccc1. The molecule has 0 aliphatic heterocycles. The van der Waals surface area contributed by atoms with Crippen molar-refractivity contribution in [2.45, 2.75) is 63.1 Å². The lowest BCUT2D eigenvalue weighted by Crippen LogP contribution is -2.52. The number of sulfonamides is 1. The third-order valence-electron chi connectivity index (χ3n) is 7.32. The molecular formula is C31H36ClN3O5S. The predicted molar refractivity (Wildman–Crippen MR) is 161 cm³/mol. The first kappa shape index (κ1) is 30.4. The second kappa shape index (κ2) is 13.4. The number of ether oxygens (including phenoxy) is 1. The number of carbonyl (C=O) groups is 2. The number of halogens is 1. The maximum absolute atomic E-state index is 14.1. The van der Waals surface area contributed by atoms with Crippen LogP contribution < -0.4 is 14.4 Å². The molecule has 0 saturated heterocycles. The molecule has 1 saturated carbocycles. The number of rotatable bonds is 11. The van der Waals surface area contributed by atoms with Gasteiger partial charge in [0.2, 0.25) is 11.8 Å². The van der Waals surface area contributed by atoms with E-state index in [1.807, 2.05) is 31.2 Å². The van der Waals surface area contributed by atoms with E-state index in [4.69, 9.17) is 16.3 Å². The third-order valence-corrected chi connectivity index (χ3v) is 9.33. The molecule has 3 aromatic rings. The highest BCUT2D eigenvalue weighted by Gasteiger charge is 2.34. The summed E-state index contributed by atoms with van der Waals surface area (Å²) in [6, 6.07) is 19.4.